The van der Waals surface area contributed by atoms with Crippen LogP contribution in [-0.4, -0.2) is 11.9 Å². The fourth-order valence-corrected chi connectivity index (χ4v) is 4.22. The SMILES string of the molecule is CCC(CC)C(C)NC(=O)c1sc2cc(Br)ccc2c1N. The third-order valence-corrected chi connectivity index (χ3v) is 5.67. The maximum absolute atomic E-state index is 12.5. The van der Waals surface area contributed by atoms with Gasteiger partial charge in [0.05, 0.1) is 5.69 Å². The van der Waals surface area contributed by atoms with Crippen LogP contribution in [-0.2, 0) is 0 Å². The number of benzene rings is 1. The lowest BCUT2D eigenvalue weighted by Crippen LogP contribution is -2.37. The molecule has 1 atom stereocenters. The Balaban J connectivity index is 2.25. The molecule has 3 nitrogen and oxygen atoms in total. The molecule has 0 saturated heterocycles. The predicted octanol–water partition coefficient (Wildman–Crippen LogP) is 4.80. The summed E-state index contributed by atoms with van der Waals surface area (Å²) < 4.78 is 2.02. The topological polar surface area (TPSA) is 55.1 Å². The van der Waals surface area contributed by atoms with Gasteiger partial charge in [0.1, 0.15) is 4.88 Å². The Bertz CT molecular complexity index is 649. The smallest absolute Gasteiger partial charge is 0.263 e. The minimum atomic E-state index is -0.0655. The molecule has 0 spiro atoms. The quantitative estimate of drug-likeness (QED) is 0.795. The van der Waals surface area contributed by atoms with E-state index in [0.717, 1.165) is 27.4 Å². The van der Waals surface area contributed by atoms with Crippen LogP contribution in [0.4, 0.5) is 5.69 Å². The summed E-state index contributed by atoms with van der Waals surface area (Å²) in [5.74, 6) is 0.433. The van der Waals surface area contributed by atoms with Crippen LogP contribution in [0.1, 0.15) is 43.3 Å². The van der Waals surface area contributed by atoms with Gasteiger partial charge < -0.3 is 11.1 Å². The van der Waals surface area contributed by atoms with Gasteiger partial charge in [0, 0.05) is 20.6 Å². The van der Waals surface area contributed by atoms with Gasteiger partial charge in [-0.05, 0) is 25.0 Å². The zero-order valence-corrected chi connectivity index (χ0v) is 15.0. The molecule has 2 aromatic rings. The average Bonchev–Trinajstić information content (AvgIpc) is 2.76. The second-order valence-corrected chi connectivity index (χ2v) is 7.29. The summed E-state index contributed by atoms with van der Waals surface area (Å²) in [6.07, 6.45) is 2.12. The first kappa shape index (κ1) is 16.3. The molecule has 1 aromatic heterocycles. The molecule has 21 heavy (non-hydrogen) atoms. The lowest BCUT2D eigenvalue weighted by atomic mass is 9.95. The van der Waals surface area contributed by atoms with Gasteiger partial charge in [-0.3, -0.25) is 4.79 Å². The summed E-state index contributed by atoms with van der Waals surface area (Å²) in [5, 5.41) is 4.04. The highest BCUT2D eigenvalue weighted by atomic mass is 79.9. The molecule has 0 saturated carbocycles. The van der Waals surface area contributed by atoms with Crippen molar-refractivity contribution in [3.63, 3.8) is 0 Å². The maximum atomic E-state index is 12.5. The Morgan fingerprint density at radius 2 is 2.05 bits per heavy atom. The van der Waals surface area contributed by atoms with Gasteiger partial charge in [-0.15, -0.1) is 11.3 Å². The fourth-order valence-electron chi connectivity index (χ4n) is 2.64. The molecular formula is C16H21BrN2OS. The van der Waals surface area contributed by atoms with Crippen LogP contribution in [0.5, 0.6) is 0 Å². The van der Waals surface area contributed by atoms with Crippen LogP contribution in [0.15, 0.2) is 22.7 Å². The Morgan fingerprint density at radius 1 is 1.38 bits per heavy atom. The van der Waals surface area contributed by atoms with Gasteiger partial charge in [0.15, 0.2) is 0 Å². The molecule has 5 heteroatoms. The summed E-state index contributed by atoms with van der Waals surface area (Å²) in [7, 11) is 0. The molecule has 1 amide bonds. The largest absolute Gasteiger partial charge is 0.397 e. The number of hydrogen-bond donors (Lipinski definition) is 2. The maximum Gasteiger partial charge on any atom is 0.263 e. The van der Waals surface area contributed by atoms with Crippen molar-refractivity contribution in [1.29, 1.82) is 0 Å². The van der Waals surface area contributed by atoms with E-state index in [2.05, 4.69) is 42.0 Å². The molecule has 0 aliphatic rings. The van der Waals surface area contributed by atoms with Crippen LogP contribution in [0.25, 0.3) is 10.1 Å². The van der Waals surface area contributed by atoms with E-state index in [1.807, 2.05) is 18.2 Å². The molecule has 0 radical (unpaired) electrons. The number of nitrogens with one attached hydrogen (secondary N) is 1. The Kier molecular flexibility index (Phi) is 5.27. The number of rotatable bonds is 5. The first-order chi connectivity index (χ1) is 9.97. The number of nitrogen functional groups attached to an aromatic ring is 1. The highest BCUT2D eigenvalue weighted by Gasteiger charge is 2.21. The molecule has 114 valence electrons. The standard InChI is InChI=1S/C16H21BrN2OS/c1-4-10(5-2)9(3)19-16(20)15-14(18)12-7-6-11(17)8-13(12)21-15/h6-10H,4-5,18H2,1-3H3,(H,19,20). The summed E-state index contributed by atoms with van der Waals surface area (Å²) in [6.45, 7) is 6.37. The fraction of sp³-hybridized carbons (Fsp3) is 0.438. The monoisotopic (exact) mass is 368 g/mol. The van der Waals surface area contributed by atoms with Crippen molar-refractivity contribution in [3.8, 4) is 0 Å². The average molecular weight is 369 g/mol. The van der Waals surface area contributed by atoms with E-state index in [4.69, 9.17) is 5.73 Å². The van der Waals surface area contributed by atoms with Crippen molar-refractivity contribution in [2.75, 3.05) is 5.73 Å². The molecule has 0 bridgehead atoms. The van der Waals surface area contributed by atoms with E-state index in [1.165, 1.54) is 11.3 Å². The van der Waals surface area contributed by atoms with Crippen LogP contribution in [0.3, 0.4) is 0 Å². The van der Waals surface area contributed by atoms with Gasteiger partial charge in [-0.2, -0.15) is 0 Å². The predicted molar refractivity (Wildman–Crippen MR) is 94.9 cm³/mol. The highest BCUT2D eigenvalue weighted by molar-refractivity contribution is 9.10. The van der Waals surface area contributed by atoms with Crippen LogP contribution < -0.4 is 11.1 Å². The van der Waals surface area contributed by atoms with Crippen LogP contribution in [0, 0.1) is 5.92 Å². The number of anilines is 1. The molecular weight excluding hydrogens is 348 g/mol. The number of carbonyl (C=O) groups excluding carboxylic acids is 1. The number of thiophene rings is 1. The van der Waals surface area contributed by atoms with E-state index >= 15 is 0 Å². The normalized spacial score (nSPS) is 12.8. The van der Waals surface area contributed by atoms with Gasteiger partial charge in [0.25, 0.3) is 5.91 Å². The molecule has 0 aliphatic carbocycles. The van der Waals surface area contributed by atoms with Crippen molar-refractivity contribution in [3.05, 3.63) is 27.5 Å². The van der Waals surface area contributed by atoms with Crippen LogP contribution >= 0.6 is 27.3 Å². The Morgan fingerprint density at radius 3 is 2.67 bits per heavy atom. The minimum absolute atomic E-state index is 0.0655. The van der Waals surface area contributed by atoms with E-state index in [0.29, 0.717) is 16.5 Å². The summed E-state index contributed by atoms with van der Waals surface area (Å²) in [4.78, 5) is 13.1. The van der Waals surface area contributed by atoms with Crippen molar-refractivity contribution in [2.24, 2.45) is 5.92 Å². The second-order valence-electron chi connectivity index (χ2n) is 5.32. The molecule has 1 unspecified atom stereocenters. The van der Waals surface area contributed by atoms with Gasteiger partial charge in [0.2, 0.25) is 0 Å². The van der Waals surface area contributed by atoms with Crippen molar-refractivity contribution < 1.29 is 4.79 Å². The number of carbonyl (C=O) groups is 1. The summed E-state index contributed by atoms with van der Waals surface area (Å²) in [5.41, 5.74) is 6.72. The number of halogens is 1. The van der Waals surface area contributed by atoms with E-state index in [1.54, 1.807) is 0 Å². The Labute approximate surface area is 138 Å². The zero-order chi connectivity index (χ0) is 15.6. The third-order valence-electron chi connectivity index (χ3n) is 4.01. The first-order valence-corrected chi connectivity index (χ1v) is 8.87. The molecule has 2 rings (SSSR count). The van der Waals surface area contributed by atoms with Gasteiger partial charge in [-0.1, -0.05) is 48.7 Å². The van der Waals surface area contributed by atoms with E-state index < -0.39 is 0 Å². The Hall–Kier alpha value is -1.07. The van der Waals surface area contributed by atoms with E-state index in [9.17, 15) is 4.79 Å². The van der Waals surface area contributed by atoms with E-state index in [-0.39, 0.29) is 11.9 Å². The minimum Gasteiger partial charge on any atom is -0.397 e. The summed E-state index contributed by atoms with van der Waals surface area (Å²) >= 11 is 4.89. The molecule has 1 aromatic carbocycles. The zero-order valence-electron chi connectivity index (χ0n) is 12.6. The number of hydrogen-bond acceptors (Lipinski definition) is 3. The molecule has 0 fully saturated rings. The van der Waals surface area contributed by atoms with Gasteiger partial charge >= 0.3 is 0 Å². The number of amides is 1. The van der Waals surface area contributed by atoms with Crippen molar-refractivity contribution in [1.82, 2.24) is 5.32 Å². The summed E-state index contributed by atoms with van der Waals surface area (Å²) in [6, 6.07) is 6.05. The molecule has 0 aliphatic heterocycles. The lowest BCUT2D eigenvalue weighted by Gasteiger charge is -2.22. The van der Waals surface area contributed by atoms with Crippen LogP contribution in [0.2, 0.25) is 0 Å². The number of nitrogens with two attached hydrogens (primary N) is 1. The lowest BCUT2D eigenvalue weighted by molar-refractivity contribution is 0.0930. The highest BCUT2D eigenvalue weighted by Crippen LogP contribution is 2.35. The van der Waals surface area contributed by atoms with Crippen molar-refractivity contribution >= 4 is 48.9 Å². The molecule has 1 heterocycles. The molecule has 3 N–H and O–H groups in total. The first-order valence-electron chi connectivity index (χ1n) is 7.26. The number of fused-ring (bicyclic) bond motifs is 1. The second kappa shape index (κ2) is 6.79. The van der Waals surface area contributed by atoms with Gasteiger partial charge in [-0.25, -0.2) is 0 Å². The van der Waals surface area contributed by atoms with Crippen molar-refractivity contribution in [2.45, 2.75) is 39.7 Å². The third kappa shape index (κ3) is 3.40.